The van der Waals surface area contributed by atoms with Gasteiger partial charge in [0.1, 0.15) is 17.7 Å². The molecule has 3 heterocycles. The number of amides is 1. The Labute approximate surface area is 188 Å². The summed E-state index contributed by atoms with van der Waals surface area (Å²) in [6.45, 7) is 0.174. The van der Waals surface area contributed by atoms with Crippen LogP contribution in [0.25, 0.3) is 11.0 Å². The molecular formula is C22H23FN8O2. The minimum atomic E-state index is -1.09. The summed E-state index contributed by atoms with van der Waals surface area (Å²) in [7, 11) is 0. The number of nitrogens with zero attached hydrogens (tertiary/aromatic N) is 5. The predicted octanol–water partition coefficient (Wildman–Crippen LogP) is 1.96. The van der Waals surface area contributed by atoms with Crippen LogP contribution in [0.3, 0.4) is 0 Å². The number of halogens is 1. The van der Waals surface area contributed by atoms with E-state index in [4.69, 9.17) is 26.7 Å². The number of fused-ring (bicyclic) bond motifs is 1. The van der Waals surface area contributed by atoms with E-state index in [-0.39, 0.29) is 24.2 Å². The normalized spacial score (nSPS) is 21.1. The Hall–Kier alpha value is -3.86. The first-order valence-corrected chi connectivity index (χ1v) is 10.7. The van der Waals surface area contributed by atoms with Crippen LogP contribution in [-0.4, -0.2) is 55.7 Å². The maximum Gasteiger partial charge on any atom is 0.405 e. The van der Waals surface area contributed by atoms with Gasteiger partial charge in [0, 0.05) is 17.8 Å². The van der Waals surface area contributed by atoms with E-state index < -0.39 is 18.4 Å². The summed E-state index contributed by atoms with van der Waals surface area (Å²) in [5.41, 5.74) is 13.2. The Morgan fingerprint density at radius 2 is 2.03 bits per heavy atom. The van der Waals surface area contributed by atoms with Crippen LogP contribution in [0.5, 0.6) is 0 Å². The number of primary amides is 1. The number of ether oxygens (including phenoxy) is 1. The highest BCUT2D eigenvalue weighted by Crippen LogP contribution is 2.32. The van der Waals surface area contributed by atoms with Gasteiger partial charge < -0.3 is 21.1 Å². The van der Waals surface area contributed by atoms with E-state index in [1.807, 2.05) is 11.0 Å². The lowest BCUT2D eigenvalue weighted by Gasteiger charge is -2.46. The number of benzene rings is 1. The zero-order chi connectivity index (χ0) is 23.1. The molecule has 3 aromatic rings. The second-order valence-corrected chi connectivity index (χ2v) is 8.13. The lowest BCUT2D eigenvalue weighted by molar-refractivity contribution is 0.0599. The molecule has 2 aromatic heterocycles. The number of pyridine rings is 1. The number of carbonyl (C=O) groups excluding carboxylic acids is 1. The van der Waals surface area contributed by atoms with Gasteiger partial charge in [-0.3, -0.25) is 5.41 Å². The van der Waals surface area contributed by atoms with Crippen molar-refractivity contribution in [3.05, 3.63) is 59.7 Å². The van der Waals surface area contributed by atoms with Gasteiger partial charge in [0.05, 0.1) is 11.9 Å². The van der Waals surface area contributed by atoms with Gasteiger partial charge in [-0.05, 0) is 37.5 Å². The van der Waals surface area contributed by atoms with E-state index in [0.29, 0.717) is 28.1 Å². The topological polar surface area (TPSA) is 148 Å². The highest BCUT2D eigenvalue weighted by molar-refractivity contribution is 6.13. The minimum absolute atomic E-state index is 0.0641. The van der Waals surface area contributed by atoms with Crippen molar-refractivity contribution in [2.45, 2.75) is 44.1 Å². The summed E-state index contributed by atoms with van der Waals surface area (Å²) >= 11 is 0. The molecule has 1 fully saturated rings. The lowest BCUT2D eigenvalue weighted by atomic mass is 9.89. The summed E-state index contributed by atoms with van der Waals surface area (Å²) < 4.78 is 21.0. The number of nitrogens with one attached hydrogen (secondary N) is 1. The molecule has 0 saturated heterocycles. The summed E-state index contributed by atoms with van der Waals surface area (Å²) in [5.74, 6) is -0.139. The molecule has 1 aliphatic carbocycles. The molecule has 1 aromatic carbocycles. The van der Waals surface area contributed by atoms with Crippen LogP contribution in [0.2, 0.25) is 0 Å². The van der Waals surface area contributed by atoms with Crippen LogP contribution < -0.4 is 11.5 Å². The van der Waals surface area contributed by atoms with Crippen molar-refractivity contribution in [2.24, 2.45) is 16.5 Å². The summed E-state index contributed by atoms with van der Waals surface area (Å²) in [6, 6.07) is 10.2. The molecule has 1 aliphatic heterocycles. The highest BCUT2D eigenvalue weighted by atomic mass is 19.1. The molecule has 1 amide bonds. The van der Waals surface area contributed by atoms with E-state index in [9.17, 15) is 9.18 Å². The van der Waals surface area contributed by atoms with E-state index in [0.717, 1.165) is 19.3 Å². The Bertz CT molecular complexity index is 1270. The van der Waals surface area contributed by atoms with E-state index in [2.05, 4.69) is 9.98 Å². The van der Waals surface area contributed by atoms with Gasteiger partial charge in [0.15, 0.2) is 23.4 Å². The molecule has 11 heteroatoms. The van der Waals surface area contributed by atoms with Crippen LogP contribution in [0, 0.1) is 11.2 Å². The van der Waals surface area contributed by atoms with Crippen LogP contribution in [0.15, 0.2) is 47.6 Å². The zero-order valence-corrected chi connectivity index (χ0v) is 17.7. The van der Waals surface area contributed by atoms with Gasteiger partial charge in [-0.2, -0.15) is 5.10 Å². The predicted molar refractivity (Wildman–Crippen MR) is 119 cm³/mol. The standard InChI is InChI=1S/C22H23FN8O2/c23-15-9-2-1-5-12(15)11-30-20-14(8-4-10-27-20)16(29-30)21-28-18(24)17(33-22(26)32)19(25)31(21)13-6-3-7-13/h1-2,4-5,8-10,13,17,19,24H,3,6-7,11,25H2,(H2,26,32). The Kier molecular flexibility index (Phi) is 5.25. The fourth-order valence-corrected chi connectivity index (χ4v) is 4.26. The molecular weight excluding hydrogens is 427 g/mol. The fourth-order valence-electron chi connectivity index (χ4n) is 4.26. The zero-order valence-electron chi connectivity index (χ0n) is 17.7. The average molecular weight is 450 g/mol. The Morgan fingerprint density at radius 1 is 1.24 bits per heavy atom. The maximum absolute atomic E-state index is 14.3. The Morgan fingerprint density at radius 3 is 2.73 bits per heavy atom. The van der Waals surface area contributed by atoms with Crippen molar-refractivity contribution < 1.29 is 13.9 Å². The van der Waals surface area contributed by atoms with Gasteiger partial charge in [0.25, 0.3) is 0 Å². The summed E-state index contributed by atoms with van der Waals surface area (Å²) in [4.78, 5) is 22.1. The third-order valence-electron chi connectivity index (χ3n) is 6.08. The van der Waals surface area contributed by atoms with Crippen LogP contribution >= 0.6 is 0 Å². The van der Waals surface area contributed by atoms with Crippen molar-refractivity contribution in [3.8, 4) is 0 Å². The molecule has 0 bridgehead atoms. The number of amidine groups is 2. The number of hydrogen-bond donors (Lipinski definition) is 3. The number of hydrogen-bond acceptors (Lipinski definition) is 7. The second-order valence-electron chi connectivity index (χ2n) is 8.13. The molecule has 10 nitrogen and oxygen atoms in total. The molecule has 170 valence electrons. The van der Waals surface area contributed by atoms with Crippen molar-refractivity contribution in [1.29, 1.82) is 5.41 Å². The monoisotopic (exact) mass is 450 g/mol. The molecule has 1 saturated carbocycles. The molecule has 0 spiro atoms. The Balaban J connectivity index is 1.62. The van der Waals surface area contributed by atoms with Gasteiger partial charge in [-0.25, -0.2) is 23.8 Å². The van der Waals surface area contributed by atoms with Gasteiger partial charge >= 0.3 is 6.09 Å². The maximum atomic E-state index is 14.3. The third-order valence-corrected chi connectivity index (χ3v) is 6.08. The quantitative estimate of drug-likeness (QED) is 0.541. The number of carbonyl (C=O) groups is 1. The summed E-state index contributed by atoms with van der Waals surface area (Å²) in [6.07, 6.45) is 1.50. The SMILES string of the molecule is N=C1N=C(c2nn(Cc3ccccc3F)c3ncccc23)N(C2CCC2)C(N)C1OC(N)=O. The molecule has 0 radical (unpaired) electrons. The molecule has 2 atom stereocenters. The largest absolute Gasteiger partial charge is 0.434 e. The van der Waals surface area contributed by atoms with E-state index >= 15 is 0 Å². The first kappa shape index (κ1) is 21.0. The van der Waals surface area contributed by atoms with Crippen molar-refractivity contribution in [3.63, 3.8) is 0 Å². The first-order valence-electron chi connectivity index (χ1n) is 10.7. The van der Waals surface area contributed by atoms with Gasteiger partial charge in [-0.1, -0.05) is 18.2 Å². The fraction of sp³-hybridized carbons (Fsp3) is 0.318. The average Bonchev–Trinajstić information content (AvgIpc) is 3.11. The van der Waals surface area contributed by atoms with E-state index in [1.165, 1.54) is 6.07 Å². The smallest absolute Gasteiger partial charge is 0.405 e. The van der Waals surface area contributed by atoms with E-state index in [1.54, 1.807) is 35.1 Å². The van der Waals surface area contributed by atoms with Crippen LogP contribution in [0.4, 0.5) is 9.18 Å². The van der Waals surface area contributed by atoms with Crippen molar-refractivity contribution >= 4 is 28.8 Å². The second kappa shape index (κ2) is 8.24. The van der Waals surface area contributed by atoms with Crippen molar-refractivity contribution in [1.82, 2.24) is 19.7 Å². The highest BCUT2D eigenvalue weighted by Gasteiger charge is 2.43. The van der Waals surface area contributed by atoms with Gasteiger partial charge in [0.2, 0.25) is 0 Å². The summed E-state index contributed by atoms with van der Waals surface area (Å²) in [5, 5.41) is 13.8. The minimum Gasteiger partial charge on any atom is -0.434 e. The van der Waals surface area contributed by atoms with Gasteiger partial charge in [-0.15, -0.1) is 0 Å². The number of aliphatic imine (C=N–C) groups is 1. The van der Waals surface area contributed by atoms with Crippen LogP contribution in [-0.2, 0) is 11.3 Å². The number of rotatable bonds is 5. The number of aromatic nitrogens is 3. The van der Waals surface area contributed by atoms with Crippen LogP contribution in [0.1, 0.15) is 30.5 Å². The molecule has 5 N–H and O–H groups in total. The third kappa shape index (κ3) is 3.69. The molecule has 2 aliphatic rings. The lowest BCUT2D eigenvalue weighted by Crippen LogP contribution is -2.64. The molecule has 5 rings (SSSR count). The number of nitrogens with two attached hydrogens (primary N) is 2. The molecule has 2 unspecified atom stereocenters. The molecule has 33 heavy (non-hydrogen) atoms. The van der Waals surface area contributed by atoms with Crippen molar-refractivity contribution in [2.75, 3.05) is 0 Å². The first-order chi connectivity index (χ1) is 15.9.